The van der Waals surface area contributed by atoms with Crippen LogP contribution in [0.1, 0.15) is 26.2 Å². The summed E-state index contributed by atoms with van der Waals surface area (Å²) in [4.78, 5) is 22.0. The Balaban J connectivity index is 2.16. The van der Waals surface area contributed by atoms with E-state index in [1.807, 2.05) is 6.92 Å². The molecule has 0 bridgehead atoms. The zero-order valence-electron chi connectivity index (χ0n) is 10.1. The lowest BCUT2D eigenvalue weighted by atomic mass is 10.1. The van der Waals surface area contributed by atoms with Crippen molar-refractivity contribution in [2.24, 2.45) is 0 Å². The van der Waals surface area contributed by atoms with E-state index in [-0.39, 0.29) is 24.4 Å². The second-order valence-electron chi connectivity index (χ2n) is 4.33. The highest BCUT2D eigenvalue weighted by molar-refractivity contribution is 5.77. The van der Waals surface area contributed by atoms with E-state index in [9.17, 15) is 9.59 Å². The summed E-state index contributed by atoms with van der Waals surface area (Å²) in [7, 11) is 0. The largest absolute Gasteiger partial charge is 0.481 e. The van der Waals surface area contributed by atoms with Crippen molar-refractivity contribution in [1.29, 1.82) is 0 Å². The van der Waals surface area contributed by atoms with E-state index < -0.39 is 5.97 Å². The van der Waals surface area contributed by atoms with Crippen molar-refractivity contribution in [3.63, 3.8) is 0 Å². The lowest BCUT2D eigenvalue weighted by Gasteiger charge is -2.24. The van der Waals surface area contributed by atoms with Crippen molar-refractivity contribution in [3.8, 4) is 0 Å². The molecule has 6 heteroatoms. The van der Waals surface area contributed by atoms with Crippen LogP contribution in [0.5, 0.6) is 0 Å². The summed E-state index contributed by atoms with van der Waals surface area (Å²) in [5.41, 5.74) is 0. The van der Waals surface area contributed by atoms with Crippen molar-refractivity contribution < 1.29 is 19.4 Å². The Kier molecular flexibility index (Phi) is 5.93. The van der Waals surface area contributed by atoms with E-state index in [2.05, 4.69) is 10.6 Å². The number of aliphatic carboxylic acids is 1. The summed E-state index contributed by atoms with van der Waals surface area (Å²) in [6, 6.07) is -0.0430. The molecule has 0 aromatic rings. The second-order valence-corrected chi connectivity index (χ2v) is 4.33. The highest BCUT2D eigenvalue weighted by Gasteiger charge is 2.17. The van der Waals surface area contributed by atoms with Gasteiger partial charge in [-0.05, 0) is 13.3 Å². The number of nitrogens with one attached hydrogen (secondary N) is 2. The van der Waals surface area contributed by atoms with E-state index >= 15 is 0 Å². The summed E-state index contributed by atoms with van der Waals surface area (Å²) < 4.78 is 5.25. The van der Waals surface area contributed by atoms with Crippen LogP contribution in [0.15, 0.2) is 0 Å². The van der Waals surface area contributed by atoms with Crippen LogP contribution in [0.2, 0.25) is 0 Å². The van der Waals surface area contributed by atoms with Crippen molar-refractivity contribution in [3.05, 3.63) is 0 Å². The molecule has 2 unspecified atom stereocenters. The minimum atomic E-state index is -0.839. The molecule has 0 aromatic carbocycles. The van der Waals surface area contributed by atoms with Crippen molar-refractivity contribution in [2.45, 2.75) is 38.3 Å². The molecule has 17 heavy (non-hydrogen) atoms. The number of carboxylic acid groups (broad SMARTS) is 1. The zero-order chi connectivity index (χ0) is 12.7. The molecule has 0 aromatic heterocycles. The molecule has 98 valence electrons. The highest BCUT2D eigenvalue weighted by Crippen LogP contribution is 2.01. The summed E-state index contributed by atoms with van der Waals surface area (Å²) in [6.07, 6.45) is 0.902. The fraction of sp³-hybridized carbons (Fsp3) is 0.818. The number of amides is 1. The fourth-order valence-corrected chi connectivity index (χ4v) is 1.72. The number of ether oxygens (including phenoxy) is 1. The molecule has 1 aliphatic rings. The predicted molar refractivity (Wildman–Crippen MR) is 61.7 cm³/mol. The van der Waals surface area contributed by atoms with Gasteiger partial charge < -0.3 is 20.5 Å². The minimum Gasteiger partial charge on any atom is -0.481 e. The monoisotopic (exact) mass is 244 g/mol. The van der Waals surface area contributed by atoms with Gasteiger partial charge in [0.1, 0.15) is 0 Å². The maximum Gasteiger partial charge on any atom is 0.303 e. The van der Waals surface area contributed by atoms with E-state index in [1.54, 1.807) is 0 Å². The predicted octanol–water partition coefficient (Wildman–Crippen LogP) is -0.266. The van der Waals surface area contributed by atoms with Crippen molar-refractivity contribution in [2.75, 3.05) is 19.8 Å². The first kappa shape index (κ1) is 13.9. The molecule has 1 aliphatic heterocycles. The van der Waals surface area contributed by atoms with Gasteiger partial charge in [-0.2, -0.15) is 0 Å². The van der Waals surface area contributed by atoms with Gasteiger partial charge in [-0.1, -0.05) is 0 Å². The molecule has 3 N–H and O–H groups in total. The molecule has 6 nitrogen and oxygen atoms in total. The second kappa shape index (κ2) is 7.24. The third-order valence-corrected chi connectivity index (χ3v) is 2.63. The van der Waals surface area contributed by atoms with Gasteiger partial charge in [0.15, 0.2) is 0 Å². The molecular formula is C11H20N2O4. The van der Waals surface area contributed by atoms with Gasteiger partial charge in [0.25, 0.3) is 0 Å². The van der Waals surface area contributed by atoms with Crippen LogP contribution >= 0.6 is 0 Å². The standard InChI is InChI=1S/C11H20N2O4/c1-8(2-3-11(15)16)13-10(14)6-9-7-17-5-4-12-9/h8-9,12H,2-7H2,1H3,(H,13,14)(H,15,16). The van der Waals surface area contributed by atoms with Crippen LogP contribution in [-0.4, -0.2) is 48.8 Å². The van der Waals surface area contributed by atoms with Gasteiger partial charge in [-0.15, -0.1) is 0 Å². The van der Waals surface area contributed by atoms with E-state index in [0.717, 1.165) is 6.54 Å². The Bertz CT molecular complexity index is 264. The summed E-state index contributed by atoms with van der Waals surface area (Å²) in [6.45, 7) is 3.82. The third-order valence-electron chi connectivity index (χ3n) is 2.63. The Labute approximate surface area is 101 Å². The van der Waals surface area contributed by atoms with Gasteiger partial charge in [-0.25, -0.2) is 0 Å². The number of rotatable bonds is 6. The molecule has 0 aliphatic carbocycles. The number of hydrogen-bond acceptors (Lipinski definition) is 4. The maximum atomic E-state index is 11.6. The van der Waals surface area contributed by atoms with Gasteiger partial charge in [-0.3, -0.25) is 9.59 Å². The van der Waals surface area contributed by atoms with E-state index in [0.29, 0.717) is 26.1 Å². The average molecular weight is 244 g/mol. The van der Waals surface area contributed by atoms with E-state index in [4.69, 9.17) is 9.84 Å². The van der Waals surface area contributed by atoms with Gasteiger partial charge in [0, 0.05) is 31.5 Å². The quantitative estimate of drug-likeness (QED) is 0.599. The van der Waals surface area contributed by atoms with Crippen LogP contribution in [0.4, 0.5) is 0 Å². The highest BCUT2D eigenvalue weighted by atomic mass is 16.5. The number of hydrogen-bond donors (Lipinski definition) is 3. The van der Waals surface area contributed by atoms with Crippen LogP contribution in [-0.2, 0) is 14.3 Å². The average Bonchev–Trinajstić information content (AvgIpc) is 2.27. The summed E-state index contributed by atoms with van der Waals surface area (Å²) in [5, 5.41) is 14.5. The molecule has 1 fully saturated rings. The number of carboxylic acids is 1. The molecule has 1 rings (SSSR count). The first-order chi connectivity index (χ1) is 8.08. The van der Waals surface area contributed by atoms with Crippen LogP contribution < -0.4 is 10.6 Å². The SMILES string of the molecule is CC(CCC(=O)O)NC(=O)CC1COCCN1. The Morgan fingerprint density at radius 3 is 2.94 bits per heavy atom. The van der Waals surface area contributed by atoms with Crippen LogP contribution in [0, 0.1) is 0 Å². The van der Waals surface area contributed by atoms with Crippen LogP contribution in [0.25, 0.3) is 0 Å². The Morgan fingerprint density at radius 2 is 2.35 bits per heavy atom. The van der Waals surface area contributed by atoms with Crippen molar-refractivity contribution >= 4 is 11.9 Å². The molecule has 0 radical (unpaired) electrons. The molecule has 1 saturated heterocycles. The molecule has 0 spiro atoms. The van der Waals surface area contributed by atoms with Crippen LogP contribution in [0.3, 0.4) is 0 Å². The van der Waals surface area contributed by atoms with Gasteiger partial charge in [0.05, 0.1) is 13.2 Å². The lowest BCUT2D eigenvalue weighted by Crippen LogP contribution is -2.45. The molecule has 1 heterocycles. The number of carbonyl (C=O) groups excluding carboxylic acids is 1. The zero-order valence-corrected chi connectivity index (χ0v) is 10.1. The minimum absolute atomic E-state index is 0.0640. The number of carbonyl (C=O) groups is 2. The Hall–Kier alpha value is -1.14. The molecule has 1 amide bonds. The van der Waals surface area contributed by atoms with E-state index in [1.165, 1.54) is 0 Å². The fourth-order valence-electron chi connectivity index (χ4n) is 1.72. The third kappa shape index (κ3) is 6.23. The molecule has 0 saturated carbocycles. The first-order valence-corrected chi connectivity index (χ1v) is 5.90. The molecule has 2 atom stereocenters. The lowest BCUT2D eigenvalue weighted by molar-refractivity contribution is -0.137. The summed E-state index contributed by atoms with van der Waals surface area (Å²) in [5.74, 6) is -0.903. The number of morpholine rings is 1. The normalized spacial score (nSPS) is 21.8. The van der Waals surface area contributed by atoms with Gasteiger partial charge in [0.2, 0.25) is 5.91 Å². The summed E-state index contributed by atoms with van der Waals surface area (Å²) >= 11 is 0. The topological polar surface area (TPSA) is 87.7 Å². The Morgan fingerprint density at radius 1 is 1.59 bits per heavy atom. The maximum absolute atomic E-state index is 11.6. The smallest absolute Gasteiger partial charge is 0.303 e. The molecular weight excluding hydrogens is 224 g/mol. The van der Waals surface area contributed by atoms with Crippen molar-refractivity contribution in [1.82, 2.24) is 10.6 Å². The first-order valence-electron chi connectivity index (χ1n) is 5.90. The van der Waals surface area contributed by atoms with Gasteiger partial charge >= 0.3 is 5.97 Å².